The van der Waals surface area contributed by atoms with Crippen LogP contribution in [0.25, 0.3) is 0 Å². The van der Waals surface area contributed by atoms with E-state index in [0.717, 1.165) is 24.8 Å². The summed E-state index contributed by atoms with van der Waals surface area (Å²) in [6.45, 7) is 5.23. The van der Waals surface area contributed by atoms with Gasteiger partial charge in [0.1, 0.15) is 11.1 Å². The van der Waals surface area contributed by atoms with E-state index in [-0.39, 0.29) is 28.3 Å². The Morgan fingerprint density at radius 3 is 2.33 bits per heavy atom. The number of carbonyl (C=O) groups excluding carboxylic acids is 3. The van der Waals surface area contributed by atoms with Crippen LogP contribution in [0, 0.1) is 0 Å². The molecule has 1 heterocycles. The van der Waals surface area contributed by atoms with Crippen molar-refractivity contribution in [2.45, 2.75) is 50.2 Å². The van der Waals surface area contributed by atoms with Gasteiger partial charge in [-0.25, -0.2) is 4.79 Å². The van der Waals surface area contributed by atoms with Crippen LogP contribution in [0.1, 0.15) is 76.7 Å². The first-order valence-corrected chi connectivity index (χ1v) is 14.5. The van der Waals surface area contributed by atoms with E-state index in [1.807, 2.05) is 59.5 Å². The van der Waals surface area contributed by atoms with Gasteiger partial charge in [0.15, 0.2) is 5.78 Å². The number of hydrogen-bond donors (Lipinski definition) is 0. The number of ether oxygens (including phenoxy) is 2. The topological polar surface area (TPSA) is 72.9 Å². The number of carbonyl (C=O) groups is 3. The van der Waals surface area contributed by atoms with Crippen molar-refractivity contribution in [2.24, 2.45) is 0 Å². The van der Waals surface area contributed by atoms with Crippen LogP contribution in [0.5, 0.6) is 5.75 Å². The highest BCUT2D eigenvalue weighted by atomic mass is 32.2. The quantitative estimate of drug-likeness (QED) is 0.135. The van der Waals surface area contributed by atoms with Crippen LogP contribution >= 0.6 is 11.8 Å². The molecule has 0 N–H and O–H groups in total. The zero-order valence-electron chi connectivity index (χ0n) is 22.5. The van der Waals surface area contributed by atoms with Gasteiger partial charge in [-0.3, -0.25) is 9.59 Å². The van der Waals surface area contributed by atoms with Gasteiger partial charge in [0.05, 0.1) is 24.0 Å². The second-order valence-electron chi connectivity index (χ2n) is 9.42. The van der Waals surface area contributed by atoms with E-state index in [2.05, 4.69) is 6.92 Å². The molecule has 7 heteroatoms. The lowest BCUT2D eigenvalue weighted by Gasteiger charge is -2.24. The monoisotopic (exact) mass is 545 g/mol. The molecule has 4 rings (SSSR count). The van der Waals surface area contributed by atoms with E-state index in [0.29, 0.717) is 48.6 Å². The Hall–Kier alpha value is -3.58. The van der Waals surface area contributed by atoms with Crippen molar-refractivity contribution in [1.29, 1.82) is 0 Å². The second-order valence-corrected chi connectivity index (χ2v) is 10.7. The van der Waals surface area contributed by atoms with Crippen molar-refractivity contribution in [3.05, 3.63) is 101 Å². The molecule has 0 aliphatic carbocycles. The number of nitrogens with zero attached hydrogens (tertiary/aromatic N) is 1. The van der Waals surface area contributed by atoms with E-state index < -0.39 is 0 Å². The van der Waals surface area contributed by atoms with Crippen molar-refractivity contribution >= 4 is 29.4 Å². The fourth-order valence-corrected chi connectivity index (χ4v) is 6.10. The van der Waals surface area contributed by atoms with E-state index in [4.69, 9.17) is 9.47 Å². The van der Waals surface area contributed by atoms with E-state index in [9.17, 15) is 14.4 Å². The van der Waals surface area contributed by atoms with Gasteiger partial charge < -0.3 is 14.4 Å². The number of amides is 1. The zero-order valence-corrected chi connectivity index (χ0v) is 23.3. The summed E-state index contributed by atoms with van der Waals surface area (Å²) >= 11 is 1.68. The molecule has 2 atom stereocenters. The Bertz CT molecular complexity index is 1260. The summed E-state index contributed by atoms with van der Waals surface area (Å²) in [4.78, 5) is 40.3. The van der Waals surface area contributed by atoms with Gasteiger partial charge in [0.2, 0.25) is 5.91 Å². The molecular formula is C32H35NO5S. The molecular weight excluding hydrogens is 510 g/mol. The van der Waals surface area contributed by atoms with Gasteiger partial charge in [0.25, 0.3) is 0 Å². The van der Waals surface area contributed by atoms with Crippen molar-refractivity contribution in [1.82, 2.24) is 4.90 Å². The van der Waals surface area contributed by atoms with Gasteiger partial charge in [-0.05, 0) is 55.7 Å². The maximum absolute atomic E-state index is 13.4. The SMILES string of the molecule is CCCCC1SC(c2cccc(C(=O)c3ccccc3)c2)N(CCCOc2ccc(C(=O)OCC)cc2)C1=O. The van der Waals surface area contributed by atoms with E-state index in [1.165, 1.54) is 0 Å². The van der Waals surface area contributed by atoms with E-state index in [1.54, 1.807) is 43.0 Å². The lowest BCUT2D eigenvalue weighted by atomic mass is 10.0. The first-order valence-electron chi connectivity index (χ1n) is 13.6. The van der Waals surface area contributed by atoms with Gasteiger partial charge in [-0.2, -0.15) is 0 Å². The number of benzene rings is 3. The van der Waals surface area contributed by atoms with Crippen LogP contribution < -0.4 is 4.74 Å². The molecule has 1 aliphatic heterocycles. The Labute approximate surface area is 234 Å². The molecule has 3 aromatic rings. The average molecular weight is 546 g/mol. The molecule has 0 spiro atoms. The smallest absolute Gasteiger partial charge is 0.338 e. The molecule has 6 nitrogen and oxygen atoms in total. The summed E-state index contributed by atoms with van der Waals surface area (Å²) in [5, 5.41) is -0.230. The minimum atomic E-state index is -0.354. The van der Waals surface area contributed by atoms with Gasteiger partial charge in [0, 0.05) is 17.7 Å². The van der Waals surface area contributed by atoms with Crippen LogP contribution in [-0.2, 0) is 9.53 Å². The normalized spacial score (nSPS) is 16.8. The van der Waals surface area contributed by atoms with E-state index >= 15 is 0 Å². The number of thioether (sulfide) groups is 1. The highest BCUT2D eigenvalue weighted by Gasteiger charge is 2.40. The lowest BCUT2D eigenvalue weighted by Crippen LogP contribution is -2.32. The predicted octanol–water partition coefficient (Wildman–Crippen LogP) is 6.70. The standard InChI is InChI=1S/C32H35NO5S/c1-3-5-15-28-30(35)33(20-10-21-38-27-18-16-24(17-19-27)32(36)37-4-2)31(39-28)26-14-9-13-25(22-26)29(34)23-11-7-6-8-12-23/h6-9,11-14,16-19,22,28,31H,3-5,10,15,20-21H2,1-2H3. The molecule has 0 aromatic heterocycles. The minimum absolute atomic E-state index is 0.0248. The number of rotatable bonds is 13. The molecule has 2 unspecified atom stereocenters. The number of unbranched alkanes of at least 4 members (excludes halogenated alkanes) is 1. The van der Waals surface area contributed by atoms with Crippen LogP contribution in [0.15, 0.2) is 78.9 Å². The highest BCUT2D eigenvalue weighted by molar-refractivity contribution is 8.01. The Balaban J connectivity index is 1.42. The van der Waals surface area contributed by atoms with Crippen molar-refractivity contribution in [2.75, 3.05) is 19.8 Å². The van der Waals surface area contributed by atoms with Gasteiger partial charge >= 0.3 is 5.97 Å². The summed E-state index contributed by atoms with van der Waals surface area (Å²) in [5.74, 6) is 0.433. The predicted molar refractivity (Wildman–Crippen MR) is 154 cm³/mol. The number of esters is 1. The van der Waals surface area contributed by atoms with Crippen LogP contribution in [0.2, 0.25) is 0 Å². The second kappa shape index (κ2) is 14.0. The molecule has 1 amide bonds. The van der Waals surface area contributed by atoms with Gasteiger partial charge in [-0.1, -0.05) is 68.3 Å². The molecule has 1 fully saturated rings. The fraction of sp³-hybridized carbons (Fsp3) is 0.344. The third-order valence-electron chi connectivity index (χ3n) is 6.60. The third-order valence-corrected chi connectivity index (χ3v) is 8.15. The largest absolute Gasteiger partial charge is 0.494 e. The molecule has 3 aromatic carbocycles. The average Bonchev–Trinajstić information content (AvgIpc) is 3.29. The zero-order chi connectivity index (χ0) is 27.6. The lowest BCUT2D eigenvalue weighted by molar-refractivity contribution is -0.130. The van der Waals surface area contributed by atoms with Crippen molar-refractivity contribution in [3.63, 3.8) is 0 Å². The molecule has 0 saturated carbocycles. The Morgan fingerprint density at radius 1 is 0.872 bits per heavy atom. The summed E-state index contributed by atoms with van der Waals surface area (Å²) in [6, 6.07) is 23.8. The number of ketones is 1. The Kier molecular flexibility index (Phi) is 10.2. The summed E-state index contributed by atoms with van der Waals surface area (Å²) in [7, 11) is 0. The van der Waals surface area contributed by atoms with Crippen LogP contribution in [-0.4, -0.2) is 47.6 Å². The highest BCUT2D eigenvalue weighted by Crippen LogP contribution is 2.45. The summed E-state index contributed by atoms with van der Waals surface area (Å²) < 4.78 is 10.9. The summed E-state index contributed by atoms with van der Waals surface area (Å²) in [6.07, 6.45) is 3.55. The van der Waals surface area contributed by atoms with Gasteiger partial charge in [-0.15, -0.1) is 11.8 Å². The maximum atomic E-state index is 13.4. The molecule has 1 saturated heterocycles. The van der Waals surface area contributed by atoms with Crippen LogP contribution in [0.4, 0.5) is 0 Å². The molecule has 39 heavy (non-hydrogen) atoms. The van der Waals surface area contributed by atoms with Crippen molar-refractivity contribution in [3.8, 4) is 5.75 Å². The molecule has 204 valence electrons. The maximum Gasteiger partial charge on any atom is 0.338 e. The number of hydrogen-bond acceptors (Lipinski definition) is 6. The van der Waals surface area contributed by atoms with Crippen molar-refractivity contribution < 1.29 is 23.9 Å². The fourth-order valence-electron chi connectivity index (χ4n) is 4.57. The molecule has 0 bridgehead atoms. The molecule has 0 radical (unpaired) electrons. The first-order chi connectivity index (χ1) is 19.0. The third kappa shape index (κ3) is 7.30. The molecule has 1 aliphatic rings. The van der Waals surface area contributed by atoms with Crippen LogP contribution in [0.3, 0.4) is 0 Å². The Morgan fingerprint density at radius 2 is 1.62 bits per heavy atom. The first kappa shape index (κ1) is 28.4. The summed E-state index contributed by atoms with van der Waals surface area (Å²) in [5.41, 5.74) is 2.72. The minimum Gasteiger partial charge on any atom is -0.494 e.